The lowest BCUT2D eigenvalue weighted by molar-refractivity contribution is -0.247. The van der Waals surface area contributed by atoms with E-state index in [0.29, 0.717) is 12.1 Å². The Hall–Kier alpha value is -2.93. The van der Waals surface area contributed by atoms with Gasteiger partial charge in [-0.1, -0.05) is 0 Å². The van der Waals surface area contributed by atoms with Crippen LogP contribution in [0, 0.1) is 0 Å². The Morgan fingerprint density at radius 3 is 1.50 bits per heavy atom. The maximum absolute atomic E-state index is 14.2. The minimum atomic E-state index is -7.29. The van der Waals surface area contributed by atoms with E-state index in [0.717, 1.165) is 20.8 Å². The average Bonchev–Trinajstić information content (AvgIpc) is 2.69. The third kappa shape index (κ3) is 6.06. The molecule has 0 aliphatic rings. The minimum absolute atomic E-state index is 0.334. The van der Waals surface area contributed by atoms with Crippen LogP contribution in [0.5, 0.6) is 5.75 Å². The summed E-state index contributed by atoms with van der Waals surface area (Å²) >= 11 is 0. The van der Waals surface area contributed by atoms with Crippen LogP contribution >= 0.6 is 0 Å². The third-order valence-corrected chi connectivity index (χ3v) is 6.25. The minimum Gasteiger partial charge on any atom is -0.461 e. The van der Waals surface area contributed by atoms with Crippen molar-refractivity contribution in [2.45, 2.75) is 50.4 Å². The zero-order valence-corrected chi connectivity index (χ0v) is 19.8. The number of hydrogen-bond donors (Lipinski definition) is 1. The molecular formula is C17H16F6O11S2. The fourth-order valence-electron chi connectivity index (χ4n) is 2.29. The summed E-state index contributed by atoms with van der Waals surface area (Å²) < 4.78 is 150. The number of ketones is 1. The average molecular weight is 574 g/mol. The van der Waals surface area contributed by atoms with Gasteiger partial charge in [0, 0.05) is 30.5 Å². The molecular weight excluding hydrogens is 558 g/mol. The van der Waals surface area contributed by atoms with E-state index in [1.54, 1.807) is 0 Å². The topological polar surface area (TPSA) is 167 Å². The number of hydrogen-bond acceptors (Lipinski definition) is 10. The highest BCUT2D eigenvalue weighted by molar-refractivity contribution is 7.88. The molecule has 204 valence electrons. The van der Waals surface area contributed by atoms with Crippen LogP contribution in [0.1, 0.15) is 42.3 Å². The molecule has 0 aliphatic carbocycles. The van der Waals surface area contributed by atoms with E-state index in [9.17, 15) is 57.6 Å². The van der Waals surface area contributed by atoms with Gasteiger partial charge in [-0.05, 0) is 19.1 Å². The second-order valence-corrected chi connectivity index (χ2v) is 9.91. The Balaban J connectivity index is 3.82. The van der Waals surface area contributed by atoms with Gasteiger partial charge >= 0.3 is 48.6 Å². The summed E-state index contributed by atoms with van der Waals surface area (Å²) in [4.78, 5) is 34.0. The second kappa shape index (κ2) is 10.2. The van der Waals surface area contributed by atoms with Gasteiger partial charge in [0.15, 0.2) is 11.5 Å². The van der Waals surface area contributed by atoms with E-state index in [-0.39, 0.29) is 5.56 Å². The second-order valence-electron chi connectivity index (χ2n) is 6.86. The van der Waals surface area contributed by atoms with Gasteiger partial charge in [0.05, 0.1) is 0 Å². The summed E-state index contributed by atoms with van der Waals surface area (Å²) in [5, 5.41) is -14.0. The lowest BCUT2D eigenvalue weighted by Gasteiger charge is -2.30. The number of ether oxygens (including phenoxy) is 2. The summed E-state index contributed by atoms with van der Waals surface area (Å²) in [5.74, 6) is -11.6. The number of alkyl halides is 6. The molecule has 0 spiro atoms. The number of esters is 2. The van der Waals surface area contributed by atoms with Crippen LogP contribution in [0.25, 0.3) is 0 Å². The summed E-state index contributed by atoms with van der Waals surface area (Å²) in [7, 11) is -14.6. The van der Waals surface area contributed by atoms with Crippen molar-refractivity contribution < 1.29 is 75.8 Å². The molecule has 0 aliphatic heterocycles. The monoisotopic (exact) mass is 574 g/mol. The largest absolute Gasteiger partial charge is 0.461 e. The molecule has 1 rings (SSSR count). The molecule has 1 aromatic rings. The van der Waals surface area contributed by atoms with Gasteiger partial charge in [-0.2, -0.15) is 43.2 Å². The van der Waals surface area contributed by atoms with Crippen molar-refractivity contribution in [3.8, 4) is 5.75 Å². The van der Waals surface area contributed by atoms with Gasteiger partial charge in [-0.3, -0.25) is 18.9 Å². The summed E-state index contributed by atoms with van der Waals surface area (Å²) in [6, 6.07) is 1.41. The molecule has 1 N–H and O–H groups in total. The Labute approximate surface area is 199 Å². The van der Waals surface area contributed by atoms with Gasteiger partial charge in [-0.15, -0.1) is 0 Å². The Morgan fingerprint density at radius 2 is 1.19 bits per heavy atom. The van der Waals surface area contributed by atoms with Gasteiger partial charge in [0.2, 0.25) is 0 Å². The first-order chi connectivity index (χ1) is 16.0. The van der Waals surface area contributed by atoms with Crippen molar-refractivity contribution in [1.82, 2.24) is 0 Å². The van der Waals surface area contributed by atoms with Gasteiger partial charge in [-0.25, -0.2) is 0 Å². The van der Waals surface area contributed by atoms with Crippen LogP contribution < -0.4 is 4.18 Å². The first kappa shape index (κ1) is 31.1. The Morgan fingerprint density at radius 1 is 0.806 bits per heavy atom. The Kier molecular flexibility index (Phi) is 8.82. The highest BCUT2D eigenvalue weighted by Crippen LogP contribution is 2.51. The van der Waals surface area contributed by atoms with Crippen LogP contribution in [-0.2, 0) is 52.5 Å². The van der Waals surface area contributed by atoms with E-state index in [1.807, 2.05) is 0 Å². The van der Waals surface area contributed by atoms with E-state index >= 15 is 0 Å². The molecule has 0 bridgehead atoms. The highest BCUT2D eigenvalue weighted by Gasteiger charge is 2.83. The molecule has 11 nitrogen and oxygen atoms in total. The number of benzene rings is 1. The number of rotatable bonds is 11. The lowest BCUT2D eigenvalue weighted by atomic mass is 10.0. The van der Waals surface area contributed by atoms with Crippen molar-refractivity contribution in [3.63, 3.8) is 0 Å². The fourth-order valence-corrected chi connectivity index (χ4v) is 3.79. The van der Waals surface area contributed by atoms with Crippen LogP contribution in [-0.4, -0.2) is 55.5 Å². The molecule has 0 amide bonds. The highest BCUT2D eigenvalue weighted by atomic mass is 32.2. The molecule has 0 atom stereocenters. The van der Waals surface area contributed by atoms with Crippen molar-refractivity contribution in [2.24, 2.45) is 0 Å². The molecule has 0 aromatic heterocycles. The predicted octanol–water partition coefficient (Wildman–Crippen LogP) is 2.43. The quantitative estimate of drug-likeness (QED) is 0.136. The summed E-state index contributed by atoms with van der Waals surface area (Å²) in [6.07, 6.45) is 0. The zero-order chi connectivity index (χ0) is 28.5. The van der Waals surface area contributed by atoms with Gasteiger partial charge in [0.25, 0.3) is 0 Å². The number of carbonyl (C=O) groups excluding carboxylic acids is 3. The van der Waals surface area contributed by atoms with Crippen molar-refractivity contribution in [2.75, 3.05) is 0 Å². The molecule has 0 fully saturated rings. The van der Waals surface area contributed by atoms with Gasteiger partial charge < -0.3 is 13.7 Å². The van der Waals surface area contributed by atoms with Crippen molar-refractivity contribution in [3.05, 3.63) is 28.8 Å². The van der Waals surface area contributed by atoms with Crippen LogP contribution in [0.3, 0.4) is 0 Å². The normalized spacial score (nSPS) is 13.2. The van der Waals surface area contributed by atoms with E-state index in [1.165, 1.54) is 0 Å². The molecule has 0 heterocycles. The molecule has 36 heavy (non-hydrogen) atoms. The van der Waals surface area contributed by atoms with E-state index < -0.39 is 84.5 Å². The fraction of sp³-hybridized carbons (Fsp3) is 0.471. The van der Waals surface area contributed by atoms with Crippen LogP contribution in [0.15, 0.2) is 12.1 Å². The zero-order valence-electron chi connectivity index (χ0n) is 18.2. The van der Waals surface area contributed by atoms with Crippen molar-refractivity contribution >= 4 is 38.0 Å². The van der Waals surface area contributed by atoms with E-state index in [4.69, 9.17) is 4.55 Å². The lowest BCUT2D eigenvalue weighted by Crippen LogP contribution is -2.61. The SMILES string of the molecule is CC(=O)OCc1cc(C(C)=O)cc(COC(C)=O)c1OS(=O)(=O)C(F)(F)C(F)(F)C(F)(F)S(=O)(=O)O. The van der Waals surface area contributed by atoms with Crippen LogP contribution in [0.2, 0.25) is 0 Å². The maximum atomic E-state index is 14.2. The standard InChI is InChI=1S/C17H16F6O11S2/c1-8(24)11-4-12(6-32-9(2)25)14(13(5-11)7-33-10(3)26)34-36(30,31)17(22,23)15(18,19)16(20,21)35(27,28)29/h4-5H,6-7H2,1-3H3,(H,27,28,29). The Bertz CT molecular complexity index is 1230. The predicted molar refractivity (Wildman–Crippen MR) is 103 cm³/mol. The third-order valence-electron chi connectivity index (χ3n) is 4.07. The number of carbonyl (C=O) groups is 3. The van der Waals surface area contributed by atoms with Crippen molar-refractivity contribution in [1.29, 1.82) is 0 Å². The first-order valence-electron chi connectivity index (χ1n) is 8.97. The molecule has 19 heteroatoms. The van der Waals surface area contributed by atoms with Gasteiger partial charge in [0.1, 0.15) is 13.2 Å². The molecule has 0 unspecified atom stereocenters. The number of halogens is 6. The molecule has 0 saturated carbocycles. The summed E-state index contributed by atoms with van der Waals surface area (Å²) in [5.41, 5.74) is -1.85. The van der Waals surface area contributed by atoms with Crippen LogP contribution in [0.4, 0.5) is 26.3 Å². The molecule has 1 aromatic carbocycles. The smallest absolute Gasteiger partial charge is 0.450 e. The van der Waals surface area contributed by atoms with E-state index in [2.05, 4.69) is 13.7 Å². The first-order valence-corrected chi connectivity index (χ1v) is 11.8. The molecule has 0 saturated heterocycles. The molecule has 0 radical (unpaired) electrons. The maximum Gasteiger partial charge on any atom is 0.450 e. The number of Topliss-reactive ketones (excluding diaryl/α,β-unsaturated/α-hetero) is 1. The summed E-state index contributed by atoms with van der Waals surface area (Å²) in [6.45, 7) is 0.537.